The number of ether oxygens (including phenoxy) is 1. The first-order valence-electron chi connectivity index (χ1n) is 10.8. The first kappa shape index (κ1) is 24.4. The minimum atomic E-state index is -0.620. The Labute approximate surface area is 219 Å². The van der Waals surface area contributed by atoms with E-state index in [1.165, 1.54) is 24.4 Å². The van der Waals surface area contributed by atoms with Gasteiger partial charge in [0.2, 0.25) is 0 Å². The molecule has 1 amide bonds. The van der Waals surface area contributed by atoms with Gasteiger partial charge in [-0.3, -0.25) is 9.59 Å². The number of amides is 1. The van der Waals surface area contributed by atoms with Crippen LogP contribution in [0.4, 0.5) is 10.2 Å². The number of aromatic nitrogens is 4. The molecule has 5 aromatic rings. The molecule has 11 heteroatoms. The Kier molecular flexibility index (Phi) is 6.56. The van der Waals surface area contributed by atoms with Crippen LogP contribution in [0.15, 0.2) is 67.0 Å². The standard InChI is InChI=1S/C26H16Cl2FN5O3/c1-14-11-15(4-7-19(14)29)23-24(34-21(33-23)3-2-9-31-34)16-8-10-30-20(12-16)32-26(36)17-5-6-18(27)22(28)25(17)37-13-35/h2-13H,1H3,(H,30,32,36). The van der Waals surface area contributed by atoms with Gasteiger partial charge in [0, 0.05) is 23.5 Å². The van der Waals surface area contributed by atoms with E-state index in [1.807, 2.05) is 0 Å². The number of imidazole rings is 1. The molecule has 0 fully saturated rings. The van der Waals surface area contributed by atoms with Gasteiger partial charge in [-0.25, -0.2) is 18.9 Å². The number of halogens is 3. The largest absolute Gasteiger partial charge is 0.426 e. The monoisotopic (exact) mass is 535 g/mol. The van der Waals surface area contributed by atoms with E-state index in [0.29, 0.717) is 33.7 Å². The van der Waals surface area contributed by atoms with Crippen molar-refractivity contribution >= 4 is 47.0 Å². The number of benzene rings is 2. The van der Waals surface area contributed by atoms with Crippen molar-refractivity contribution in [3.8, 4) is 28.3 Å². The van der Waals surface area contributed by atoms with Crippen LogP contribution in [0.5, 0.6) is 5.75 Å². The summed E-state index contributed by atoms with van der Waals surface area (Å²) >= 11 is 12.1. The number of carbonyl (C=O) groups excluding carboxylic acids is 2. The lowest BCUT2D eigenvalue weighted by molar-refractivity contribution is -0.120. The molecule has 0 spiro atoms. The number of rotatable bonds is 6. The van der Waals surface area contributed by atoms with E-state index in [2.05, 4.69) is 15.4 Å². The lowest BCUT2D eigenvalue weighted by Gasteiger charge is -2.11. The van der Waals surface area contributed by atoms with Crippen LogP contribution in [-0.4, -0.2) is 32.0 Å². The summed E-state index contributed by atoms with van der Waals surface area (Å²) in [4.78, 5) is 32.9. The molecule has 0 bridgehead atoms. The molecule has 3 heterocycles. The van der Waals surface area contributed by atoms with Crippen LogP contribution in [0.25, 0.3) is 28.2 Å². The summed E-state index contributed by atoms with van der Waals surface area (Å²) in [6.07, 6.45) is 3.14. The van der Waals surface area contributed by atoms with Gasteiger partial charge < -0.3 is 10.1 Å². The second-order valence-electron chi connectivity index (χ2n) is 7.90. The predicted octanol–water partition coefficient (Wildman–Crippen LogP) is 6.00. The van der Waals surface area contributed by atoms with E-state index in [1.54, 1.807) is 54.0 Å². The third-order valence-corrected chi connectivity index (χ3v) is 6.35. The molecule has 2 aromatic carbocycles. The van der Waals surface area contributed by atoms with Gasteiger partial charge in [0.1, 0.15) is 22.4 Å². The molecule has 0 aliphatic carbocycles. The van der Waals surface area contributed by atoms with Crippen LogP contribution < -0.4 is 10.1 Å². The Hall–Kier alpha value is -4.34. The van der Waals surface area contributed by atoms with Gasteiger partial charge >= 0.3 is 0 Å². The summed E-state index contributed by atoms with van der Waals surface area (Å²) in [7, 11) is 0. The van der Waals surface area contributed by atoms with Gasteiger partial charge in [-0.2, -0.15) is 5.10 Å². The maximum Gasteiger partial charge on any atom is 0.298 e. The van der Waals surface area contributed by atoms with Crippen molar-refractivity contribution < 1.29 is 18.7 Å². The number of hydrogen-bond acceptors (Lipinski definition) is 6. The van der Waals surface area contributed by atoms with Gasteiger partial charge in [0.25, 0.3) is 12.4 Å². The summed E-state index contributed by atoms with van der Waals surface area (Å²) in [6.45, 7) is 1.84. The molecule has 0 saturated carbocycles. The zero-order chi connectivity index (χ0) is 26.1. The van der Waals surface area contributed by atoms with Gasteiger partial charge in [0.05, 0.1) is 16.3 Å². The molecular formula is C26H16Cl2FN5O3. The highest BCUT2D eigenvalue weighted by Gasteiger charge is 2.21. The Balaban J connectivity index is 1.57. The van der Waals surface area contributed by atoms with Crippen LogP contribution in [0.2, 0.25) is 10.0 Å². The summed E-state index contributed by atoms with van der Waals surface area (Å²) in [5.41, 5.74) is 3.61. The number of anilines is 1. The molecule has 0 aliphatic rings. The maximum atomic E-state index is 14.0. The minimum absolute atomic E-state index is 0.00681. The lowest BCUT2D eigenvalue weighted by Crippen LogP contribution is -2.14. The van der Waals surface area contributed by atoms with Crippen molar-refractivity contribution in [2.45, 2.75) is 6.92 Å². The van der Waals surface area contributed by atoms with E-state index >= 15 is 0 Å². The predicted molar refractivity (Wildman–Crippen MR) is 137 cm³/mol. The number of nitrogens with zero attached hydrogens (tertiary/aromatic N) is 4. The number of fused-ring (bicyclic) bond motifs is 1. The van der Waals surface area contributed by atoms with Crippen LogP contribution in [-0.2, 0) is 4.79 Å². The minimum Gasteiger partial charge on any atom is -0.426 e. The van der Waals surface area contributed by atoms with Crippen LogP contribution >= 0.6 is 23.2 Å². The lowest BCUT2D eigenvalue weighted by atomic mass is 10.0. The molecule has 8 nitrogen and oxygen atoms in total. The molecule has 1 N–H and O–H groups in total. The summed E-state index contributed by atoms with van der Waals surface area (Å²) in [5.74, 6) is -0.900. The third-order valence-electron chi connectivity index (χ3n) is 5.56. The topological polar surface area (TPSA) is 98.5 Å². The molecule has 0 atom stereocenters. The van der Waals surface area contributed by atoms with Crippen molar-refractivity contribution in [3.63, 3.8) is 0 Å². The van der Waals surface area contributed by atoms with Gasteiger partial charge in [0.15, 0.2) is 11.4 Å². The molecule has 184 valence electrons. The second kappa shape index (κ2) is 9.96. The van der Waals surface area contributed by atoms with Crippen molar-refractivity contribution in [1.82, 2.24) is 19.6 Å². The average Bonchev–Trinajstić information content (AvgIpc) is 3.28. The number of carbonyl (C=O) groups is 2. The fourth-order valence-corrected chi connectivity index (χ4v) is 4.20. The summed E-state index contributed by atoms with van der Waals surface area (Å²) < 4.78 is 20.5. The number of pyridine rings is 1. The van der Waals surface area contributed by atoms with Gasteiger partial charge in [-0.1, -0.05) is 23.2 Å². The molecule has 0 aliphatic heterocycles. The van der Waals surface area contributed by atoms with E-state index in [4.69, 9.17) is 32.9 Å². The number of hydrogen-bond donors (Lipinski definition) is 1. The fourth-order valence-electron chi connectivity index (χ4n) is 3.85. The highest BCUT2D eigenvalue weighted by molar-refractivity contribution is 6.43. The second-order valence-corrected chi connectivity index (χ2v) is 8.69. The molecule has 37 heavy (non-hydrogen) atoms. The molecule has 3 aromatic heterocycles. The van der Waals surface area contributed by atoms with Crippen LogP contribution in [0, 0.1) is 12.7 Å². The zero-order valence-electron chi connectivity index (χ0n) is 19.1. The van der Waals surface area contributed by atoms with Gasteiger partial charge in [-0.05, 0) is 67.1 Å². The van der Waals surface area contributed by atoms with E-state index in [0.717, 1.165) is 0 Å². The molecule has 0 unspecified atom stereocenters. The summed E-state index contributed by atoms with van der Waals surface area (Å²) in [5, 5.41) is 7.16. The van der Waals surface area contributed by atoms with Gasteiger partial charge in [-0.15, -0.1) is 0 Å². The molecular weight excluding hydrogens is 520 g/mol. The van der Waals surface area contributed by atoms with Crippen LogP contribution in [0.3, 0.4) is 0 Å². The Morgan fingerprint density at radius 3 is 2.70 bits per heavy atom. The molecule has 0 saturated heterocycles. The van der Waals surface area contributed by atoms with E-state index in [9.17, 15) is 14.0 Å². The van der Waals surface area contributed by atoms with Crippen LogP contribution in [0.1, 0.15) is 15.9 Å². The Morgan fingerprint density at radius 2 is 1.92 bits per heavy atom. The zero-order valence-corrected chi connectivity index (χ0v) is 20.6. The maximum absolute atomic E-state index is 14.0. The first-order chi connectivity index (χ1) is 17.9. The van der Waals surface area contributed by atoms with Crippen molar-refractivity contribution in [3.05, 3.63) is 94.0 Å². The molecule has 5 rings (SSSR count). The van der Waals surface area contributed by atoms with Crippen molar-refractivity contribution in [2.24, 2.45) is 0 Å². The number of nitrogens with one attached hydrogen (secondary N) is 1. The van der Waals surface area contributed by atoms with Crippen molar-refractivity contribution in [2.75, 3.05) is 5.32 Å². The average molecular weight is 536 g/mol. The highest BCUT2D eigenvalue weighted by atomic mass is 35.5. The number of aryl methyl sites for hydroxylation is 1. The normalized spacial score (nSPS) is 10.9. The summed E-state index contributed by atoms with van der Waals surface area (Å²) in [6, 6.07) is 14.5. The first-order valence-corrected chi connectivity index (χ1v) is 11.6. The fraction of sp³-hybridized carbons (Fsp3) is 0.0385. The quantitative estimate of drug-likeness (QED) is 0.268. The highest BCUT2D eigenvalue weighted by Crippen LogP contribution is 2.36. The Bertz CT molecular complexity index is 1690. The SMILES string of the molecule is Cc1cc(-c2nc3cccnn3c2-c2ccnc(NC(=O)c3ccc(Cl)c(Cl)c3OC=O)c2)ccc1F. The molecule has 0 radical (unpaired) electrons. The van der Waals surface area contributed by atoms with E-state index < -0.39 is 5.91 Å². The smallest absolute Gasteiger partial charge is 0.298 e. The van der Waals surface area contributed by atoms with Crippen molar-refractivity contribution in [1.29, 1.82) is 0 Å². The van der Waals surface area contributed by atoms with E-state index in [-0.39, 0.29) is 39.5 Å². The third kappa shape index (κ3) is 4.62. The Morgan fingerprint density at radius 1 is 1.08 bits per heavy atom.